The van der Waals surface area contributed by atoms with Crippen LogP contribution in [0.4, 0.5) is 5.69 Å². The summed E-state index contributed by atoms with van der Waals surface area (Å²) in [5.74, 6) is 2.25. The van der Waals surface area contributed by atoms with Crippen LogP contribution in [0.3, 0.4) is 0 Å². The molecule has 6 rings (SSSR count). The van der Waals surface area contributed by atoms with Crippen molar-refractivity contribution < 1.29 is 9.47 Å². The largest absolute Gasteiger partial charge is 0.497 e. The van der Waals surface area contributed by atoms with Gasteiger partial charge in [0.1, 0.15) is 23.3 Å². The molecule has 4 heterocycles. The van der Waals surface area contributed by atoms with Crippen LogP contribution in [0.1, 0.15) is 23.5 Å². The number of ether oxygens (including phenoxy) is 2. The molecule has 0 bridgehead atoms. The topological polar surface area (TPSA) is 64.4 Å². The number of aromatic nitrogens is 3. The molecule has 38 heavy (non-hydrogen) atoms. The Balaban J connectivity index is 1.36. The SMILES string of the molecule is COc1ccc(Oc2ccc(N3C(=S)NC(c4ccccn4)C3c3cccn3-c3ccncc3)cc2)cc1. The van der Waals surface area contributed by atoms with Crippen molar-refractivity contribution in [2.45, 2.75) is 12.1 Å². The third-order valence-corrected chi connectivity index (χ3v) is 6.85. The number of benzene rings is 2. The van der Waals surface area contributed by atoms with E-state index in [2.05, 4.69) is 43.1 Å². The van der Waals surface area contributed by atoms with Crippen molar-refractivity contribution in [3.05, 3.63) is 127 Å². The summed E-state index contributed by atoms with van der Waals surface area (Å²) in [4.78, 5) is 11.0. The van der Waals surface area contributed by atoms with Crippen molar-refractivity contribution in [1.29, 1.82) is 0 Å². The van der Waals surface area contributed by atoms with E-state index in [1.807, 2.05) is 85.1 Å². The molecule has 8 heteroatoms. The summed E-state index contributed by atoms with van der Waals surface area (Å²) in [7, 11) is 1.64. The lowest BCUT2D eigenvalue weighted by atomic mass is 10.0. The molecule has 0 radical (unpaired) electrons. The van der Waals surface area contributed by atoms with Crippen molar-refractivity contribution in [2.75, 3.05) is 12.0 Å². The van der Waals surface area contributed by atoms with Crippen molar-refractivity contribution in [3.63, 3.8) is 0 Å². The van der Waals surface area contributed by atoms with Crippen LogP contribution in [0.15, 0.2) is 116 Å². The van der Waals surface area contributed by atoms with Gasteiger partial charge in [0.25, 0.3) is 0 Å². The van der Waals surface area contributed by atoms with E-state index in [-0.39, 0.29) is 12.1 Å². The molecule has 1 aliphatic rings. The van der Waals surface area contributed by atoms with Crippen LogP contribution in [-0.4, -0.2) is 26.8 Å². The molecule has 7 nitrogen and oxygen atoms in total. The van der Waals surface area contributed by atoms with Crippen molar-refractivity contribution in [3.8, 4) is 22.9 Å². The van der Waals surface area contributed by atoms with E-state index in [0.717, 1.165) is 40.0 Å². The van der Waals surface area contributed by atoms with Crippen LogP contribution >= 0.6 is 12.2 Å². The molecule has 1 aliphatic heterocycles. The smallest absolute Gasteiger partial charge is 0.174 e. The molecule has 0 amide bonds. The first kappa shape index (κ1) is 23.7. The molecule has 1 N–H and O–H groups in total. The predicted molar refractivity (Wildman–Crippen MR) is 151 cm³/mol. The second-order valence-corrected chi connectivity index (χ2v) is 9.16. The highest BCUT2D eigenvalue weighted by Gasteiger charge is 2.42. The highest BCUT2D eigenvalue weighted by Crippen LogP contribution is 2.42. The molecular weight excluding hydrogens is 494 g/mol. The zero-order valence-corrected chi connectivity index (χ0v) is 21.5. The molecule has 2 atom stereocenters. The summed E-state index contributed by atoms with van der Waals surface area (Å²) in [6, 6.07) is 29.3. The van der Waals surface area contributed by atoms with Crippen LogP contribution in [0.2, 0.25) is 0 Å². The maximum absolute atomic E-state index is 6.05. The Morgan fingerprint density at radius 2 is 1.47 bits per heavy atom. The van der Waals surface area contributed by atoms with E-state index in [0.29, 0.717) is 5.11 Å². The molecule has 1 saturated heterocycles. The summed E-state index contributed by atoms with van der Waals surface area (Å²) in [6.45, 7) is 0. The van der Waals surface area contributed by atoms with E-state index in [9.17, 15) is 0 Å². The Morgan fingerprint density at radius 3 is 2.16 bits per heavy atom. The number of nitrogens with one attached hydrogen (secondary N) is 1. The minimum absolute atomic E-state index is 0.144. The number of nitrogens with zero attached hydrogens (tertiary/aromatic N) is 4. The van der Waals surface area contributed by atoms with Crippen LogP contribution in [-0.2, 0) is 0 Å². The summed E-state index contributed by atoms with van der Waals surface area (Å²) < 4.78 is 13.5. The molecule has 188 valence electrons. The number of hydrogen-bond acceptors (Lipinski definition) is 5. The van der Waals surface area contributed by atoms with Gasteiger partial charge in [-0.2, -0.15) is 0 Å². The number of rotatable bonds is 7. The molecule has 2 aromatic carbocycles. The van der Waals surface area contributed by atoms with E-state index in [1.165, 1.54) is 0 Å². The normalized spacial score (nSPS) is 16.8. The Hall–Kier alpha value is -4.69. The van der Waals surface area contributed by atoms with Crippen molar-refractivity contribution in [1.82, 2.24) is 19.9 Å². The number of pyridine rings is 2. The maximum Gasteiger partial charge on any atom is 0.174 e. The third kappa shape index (κ3) is 4.57. The minimum Gasteiger partial charge on any atom is -0.497 e. The summed E-state index contributed by atoms with van der Waals surface area (Å²) in [6.07, 6.45) is 7.47. The van der Waals surface area contributed by atoms with Crippen LogP contribution in [0, 0.1) is 0 Å². The quantitative estimate of drug-likeness (QED) is 0.255. The average molecular weight is 520 g/mol. The molecule has 0 aliphatic carbocycles. The number of methoxy groups -OCH3 is 1. The van der Waals surface area contributed by atoms with Crippen LogP contribution < -0.4 is 19.7 Å². The first-order valence-electron chi connectivity index (χ1n) is 12.2. The number of hydrogen-bond donors (Lipinski definition) is 1. The fourth-order valence-corrected chi connectivity index (χ4v) is 5.11. The fraction of sp³-hybridized carbons (Fsp3) is 0.100. The number of thiocarbonyl (C=S) groups is 1. The van der Waals surface area contributed by atoms with Crippen LogP contribution in [0.25, 0.3) is 5.69 Å². The van der Waals surface area contributed by atoms with Gasteiger partial charge >= 0.3 is 0 Å². The third-order valence-electron chi connectivity index (χ3n) is 6.53. The number of anilines is 1. The van der Waals surface area contributed by atoms with Gasteiger partial charge in [0.15, 0.2) is 5.11 Å². The van der Waals surface area contributed by atoms with Gasteiger partial charge < -0.3 is 24.3 Å². The average Bonchev–Trinajstić information content (AvgIpc) is 3.59. The predicted octanol–water partition coefficient (Wildman–Crippen LogP) is 6.25. The Labute approximate surface area is 226 Å². The second-order valence-electron chi connectivity index (χ2n) is 8.78. The Kier molecular flexibility index (Phi) is 6.46. The van der Waals surface area contributed by atoms with Gasteiger partial charge in [-0.25, -0.2) is 0 Å². The van der Waals surface area contributed by atoms with Gasteiger partial charge in [0, 0.05) is 41.9 Å². The fourth-order valence-electron chi connectivity index (χ4n) is 4.76. The lowest BCUT2D eigenvalue weighted by Gasteiger charge is -2.29. The first-order valence-corrected chi connectivity index (χ1v) is 12.6. The van der Waals surface area contributed by atoms with Gasteiger partial charge in [-0.3, -0.25) is 9.97 Å². The van der Waals surface area contributed by atoms with E-state index >= 15 is 0 Å². The molecule has 5 aromatic rings. The summed E-state index contributed by atoms with van der Waals surface area (Å²) >= 11 is 5.90. The zero-order chi connectivity index (χ0) is 25.9. The Bertz CT molecular complexity index is 1520. The van der Waals surface area contributed by atoms with Gasteiger partial charge in [0.2, 0.25) is 0 Å². The molecule has 0 spiro atoms. The molecular formula is C30H25N5O2S. The monoisotopic (exact) mass is 519 g/mol. The highest BCUT2D eigenvalue weighted by atomic mass is 32.1. The molecule has 0 saturated carbocycles. The lowest BCUT2D eigenvalue weighted by Crippen LogP contribution is -2.30. The molecule has 1 fully saturated rings. The summed E-state index contributed by atoms with van der Waals surface area (Å²) in [5, 5.41) is 4.16. The zero-order valence-electron chi connectivity index (χ0n) is 20.6. The first-order chi connectivity index (χ1) is 18.7. The van der Waals surface area contributed by atoms with Gasteiger partial charge in [0.05, 0.1) is 18.8 Å². The second kappa shape index (κ2) is 10.4. The van der Waals surface area contributed by atoms with Gasteiger partial charge in [-0.1, -0.05) is 6.07 Å². The molecule has 3 aromatic heterocycles. The van der Waals surface area contributed by atoms with Crippen molar-refractivity contribution in [2.24, 2.45) is 0 Å². The standard InChI is InChI=1S/C30H25N5O2S/c1-36-23-11-13-25(14-12-23)37-24-9-7-22(8-10-24)35-29(28(33-30(35)38)26-5-2-3-17-32-26)27-6-4-20-34(27)21-15-18-31-19-16-21/h2-20,28-29H,1H3,(H,33,38). The van der Waals surface area contributed by atoms with Gasteiger partial charge in [-0.15, -0.1) is 0 Å². The lowest BCUT2D eigenvalue weighted by molar-refractivity contribution is 0.413. The van der Waals surface area contributed by atoms with E-state index in [1.54, 1.807) is 19.5 Å². The molecule has 2 unspecified atom stereocenters. The van der Waals surface area contributed by atoms with Gasteiger partial charge in [-0.05, 0) is 97.1 Å². The van der Waals surface area contributed by atoms with E-state index in [4.69, 9.17) is 21.7 Å². The highest BCUT2D eigenvalue weighted by molar-refractivity contribution is 7.80. The van der Waals surface area contributed by atoms with Crippen molar-refractivity contribution >= 4 is 23.0 Å². The minimum atomic E-state index is -0.145. The van der Waals surface area contributed by atoms with Crippen LogP contribution in [0.5, 0.6) is 17.2 Å². The van der Waals surface area contributed by atoms with E-state index < -0.39 is 0 Å². The summed E-state index contributed by atoms with van der Waals surface area (Å²) in [5.41, 5.74) is 3.98. The maximum atomic E-state index is 6.05. The Morgan fingerprint density at radius 1 is 0.763 bits per heavy atom.